The summed E-state index contributed by atoms with van der Waals surface area (Å²) in [5.41, 5.74) is 8.94. The third-order valence-electron chi connectivity index (χ3n) is 2.56. The van der Waals surface area contributed by atoms with Gasteiger partial charge in [-0.25, -0.2) is 0 Å². The Labute approximate surface area is 95.3 Å². The van der Waals surface area contributed by atoms with Gasteiger partial charge >= 0.3 is 0 Å². The maximum atomic E-state index is 12.0. The van der Waals surface area contributed by atoms with Crippen molar-refractivity contribution in [3.05, 3.63) is 39.7 Å². The molecule has 0 saturated heterocycles. The Balaban J connectivity index is 2.38. The number of ketones is 1. The molecule has 0 bridgehead atoms. The Kier molecular flexibility index (Phi) is 1.69. The van der Waals surface area contributed by atoms with Crippen LogP contribution in [0, 0.1) is 0 Å². The van der Waals surface area contributed by atoms with E-state index in [1.54, 1.807) is 12.1 Å². The number of thiophene rings is 1. The minimum absolute atomic E-state index is 0.0127. The molecular weight excluding hydrogens is 230 g/mol. The second-order valence-electron chi connectivity index (χ2n) is 3.41. The van der Waals surface area contributed by atoms with E-state index in [-0.39, 0.29) is 5.78 Å². The Morgan fingerprint density at radius 3 is 2.80 bits per heavy atom. The van der Waals surface area contributed by atoms with Crippen molar-refractivity contribution in [2.45, 2.75) is 0 Å². The van der Waals surface area contributed by atoms with Gasteiger partial charge in [-0.05, 0) is 17.7 Å². The van der Waals surface area contributed by atoms with E-state index >= 15 is 0 Å². The van der Waals surface area contributed by atoms with Gasteiger partial charge in [0.25, 0.3) is 0 Å². The highest BCUT2D eigenvalue weighted by Crippen LogP contribution is 2.43. The highest BCUT2D eigenvalue weighted by Gasteiger charge is 2.30. The fourth-order valence-corrected chi connectivity index (χ4v) is 2.86. The van der Waals surface area contributed by atoms with Gasteiger partial charge in [0, 0.05) is 21.5 Å². The molecule has 2 N–H and O–H groups in total. The lowest BCUT2D eigenvalue weighted by Gasteiger charge is -1.97. The first-order chi connectivity index (χ1) is 7.18. The number of halogens is 1. The van der Waals surface area contributed by atoms with Crippen molar-refractivity contribution in [3.63, 3.8) is 0 Å². The number of nitrogens with two attached hydrogens (primary N) is 1. The third-order valence-corrected chi connectivity index (χ3v) is 3.61. The molecule has 1 aliphatic carbocycles. The molecule has 2 nitrogen and oxygen atoms in total. The Morgan fingerprint density at radius 2 is 2.00 bits per heavy atom. The maximum Gasteiger partial charge on any atom is 0.197 e. The molecule has 0 spiro atoms. The average molecular weight is 236 g/mol. The van der Waals surface area contributed by atoms with Crippen LogP contribution in [0.2, 0.25) is 5.02 Å². The normalized spacial score (nSPS) is 12.7. The first kappa shape index (κ1) is 8.95. The number of benzene rings is 1. The van der Waals surface area contributed by atoms with Crippen LogP contribution in [0.1, 0.15) is 15.9 Å². The smallest absolute Gasteiger partial charge is 0.197 e. The van der Waals surface area contributed by atoms with Crippen molar-refractivity contribution in [1.82, 2.24) is 0 Å². The van der Waals surface area contributed by atoms with E-state index in [1.165, 1.54) is 11.3 Å². The standard InChI is InChI=1S/C11H6ClNOS/c12-5-1-2-6-7(3-5)10(14)9-8(6)4-15-11(9)13/h1-4H,13H2. The van der Waals surface area contributed by atoms with Crippen molar-refractivity contribution in [2.75, 3.05) is 5.73 Å². The molecule has 1 aliphatic rings. The van der Waals surface area contributed by atoms with Crippen LogP contribution in [0.3, 0.4) is 0 Å². The molecular formula is C11H6ClNOS. The fourth-order valence-electron chi connectivity index (χ4n) is 1.88. The molecule has 0 amide bonds. The van der Waals surface area contributed by atoms with Crippen LogP contribution < -0.4 is 5.73 Å². The van der Waals surface area contributed by atoms with Gasteiger partial charge in [-0.2, -0.15) is 0 Å². The number of hydrogen-bond donors (Lipinski definition) is 1. The van der Waals surface area contributed by atoms with Crippen LogP contribution >= 0.6 is 22.9 Å². The topological polar surface area (TPSA) is 43.1 Å². The van der Waals surface area contributed by atoms with E-state index in [4.69, 9.17) is 17.3 Å². The number of hydrogen-bond acceptors (Lipinski definition) is 3. The van der Waals surface area contributed by atoms with Gasteiger partial charge in [0.2, 0.25) is 0 Å². The van der Waals surface area contributed by atoms with Crippen LogP contribution in [-0.4, -0.2) is 5.78 Å². The molecule has 4 heteroatoms. The summed E-state index contributed by atoms with van der Waals surface area (Å²) >= 11 is 7.26. The first-order valence-corrected chi connectivity index (χ1v) is 5.66. The molecule has 74 valence electrons. The summed E-state index contributed by atoms with van der Waals surface area (Å²) < 4.78 is 0. The SMILES string of the molecule is Nc1scc2c1C(=O)c1cc(Cl)ccc1-2. The van der Waals surface area contributed by atoms with Crippen molar-refractivity contribution in [3.8, 4) is 11.1 Å². The maximum absolute atomic E-state index is 12.0. The molecule has 1 heterocycles. The van der Waals surface area contributed by atoms with Crippen LogP contribution in [0.15, 0.2) is 23.6 Å². The van der Waals surface area contributed by atoms with Crippen molar-refractivity contribution < 1.29 is 4.79 Å². The zero-order valence-corrected chi connectivity index (χ0v) is 9.15. The molecule has 1 aromatic carbocycles. The van der Waals surface area contributed by atoms with Crippen molar-refractivity contribution >= 4 is 33.7 Å². The first-order valence-electron chi connectivity index (χ1n) is 4.40. The third kappa shape index (κ3) is 1.07. The van der Waals surface area contributed by atoms with E-state index in [2.05, 4.69) is 0 Å². The molecule has 2 aromatic rings. The minimum atomic E-state index is -0.0127. The highest BCUT2D eigenvalue weighted by molar-refractivity contribution is 7.15. The van der Waals surface area contributed by atoms with Crippen LogP contribution in [0.25, 0.3) is 11.1 Å². The summed E-state index contributed by atoms with van der Waals surface area (Å²) in [6.45, 7) is 0. The van der Waals surface area contributed by atoms with Gasteiger partial charge < -0.3 is 5.73 Å². The minimum Gasteiger partial charge on any atom is -0.390 e. The summed E-state index contributed by atoms with van der Waals surface area (Å²) in [6.07, 6.45) is 0. The monoisotopic (exact) mass is 235 g/mol. The summed E-state index contributed by atoms with van der Waals surface area (Å²) in [5.74, 6) is -0.0127. The Bertz CT molecular complexity index is 588. The number of nitrogen functional groups attached to an aromatic ring is 1. The lowest BCUT2D eigenvalue weighted by molar-refractivity contribution is 0.104. The molecule has 0 unspecified atom stereocenters. The van der Waals surface area contributed by atoms with Crippen LogP contribution in [0.4, 0.5) is 5.00 Å². The number of fused-ring (bicyclic) bond motifs is 3. The average Bonchev–Trinajstić information content (AvgIpc) is 2.70. The van der Waals surface area contributed by atoms with Gasteiger partial charge in [0.15, 0.2) is 5.78 Å². The second-order valence-corrected chi connectivity index (χ2v) is 4.76. The Morgan fingerprint density at radius 1 is 1.20 bits per heavy atom. The lowest BCUT2D eigenvalue weighted by atomic mass is 10.1. The molecule has 0 aliphatic heterocycles. The number of anilines is 1. The summed E-state index contributed by atoms with van der Waals surface area (Å²) in [6, 6.07) is 5.35. The van der Waals surface area contributed by atoms with E-state index in [0.717, 1.165) is 11.1 Å². The predicted octanol–water partition coefficient (Wildman–Crippen LogP) is 3.20. The van der Waals surface area contributed by atoms with Gasteiger partial charge in [0.1, 0.15) is 0 Å². The summed E-state index contributed by atoms with van der Waals surface area (Å²) in [5, 5.41) is 3.08. The van der Waals surface area contributed by atoms with Crippen molar-refractivity contribution in [1.29, 1.82) is 0 Å². The zero-order valence-electron chi connectivity index (χ0n) is 7.58. The molecule has 0 radical (unpaired) electrons. The summed E-state index contributed by atoms with van der Waals surface area (Å²) in [4.78, 5) is 12.0. The quantitative estimate of drug-likeness (QED) is 0.650. The van der Waals surface area contributed by atoms with E-state index in [1.807, 2.05) is 11.4 Å². The van der Waals surface area contributed by atoms with E-state index in [0.29, 0.717) is 21.2 Å². The van der Waals surface area contributed by atoms with Gasteiger partial charge in [-0.1, -0.05) is 17.7 Å². The van der Waals surface area contributed by atoms with Gasteiger partial charge in [-0.3, -0.25) is 4.79 Å². The highest BCUT2D eigenvalue weighted by atomic mass is 35.5. The molecule has 0 saturated carbocycles. The van der Waals surface area contributed by atoms with Crippen LogP contribution in [0.5, 0.6) is 0 Å². The number of rotatable bonds is 0. The summed E-state index contributed by atoms with van der Waals surface area (Å²) in [7, 11) is 0. The second kappa shape index (κ2) is 2.84. The van der Waals surface area contributed by atoms with E-state index < -0.39 is 0 Å². The Hall–Kier alpha value is -1.32. The zero-order chi connectivity index (χ0) is 10.6. The predicted molar refractivity (Wildman–Crippen MR) is 62.6 cm³/mol. The van der Waals surface area contributed by atoms with Gasteiger partial charge in [0.05, 0.1) is 10.6 Å². The molecule has 1 aromatic heterocycles. The fraction of sp³-hybridized carbons (Fsp3) is 0. The number of carbonyl (C=O) groups is 1. The molecule has 3 rings (SSSR count). The largest absolute Gasteiger partial charge is 0.390 e. The van der Waals surface area contributed by atoms with Gasteiger partial charge in [-0.15, -0.1) is 11.3 Å². The molecule has 15 heavy (non-hydrogen) atoms. The molecule has 0 fully saturated rings. The lowest BCUT2D eigenvalue weighted by Crippen LogP contribution is -1.97. The van der Waals surface area contributed by atoms with Crippen LogP contribution in [-0.2, 0) is 0 Å². The van der Waals surface area contributed by atoms with E-state index in [9.17, 15) is 4.79 Å². The number of carbonyl (C=O) groups excluding carboxylic acids is 1. The van der Waals surface area contributed by atoms with Crippen molar-refractivity contribution in [2.24, 2.45) is 0 Å². The molecule has 0 atom stereocenters.